The van der Waals surface area contributed by atoms with E-state index in [0.29, 0.717) is 10.7 Å². The number of carbonyl (C=O) groups excluding carboxylic acids is 1. The van der Waals surface area contributed by atoms with Crippen LogP contribution in [0, 0.1) is 0 Å². The Bertz CT molecular complexity index is 642. The van der Waals surface area contributed by atoms with Gasteiger partial charge in [0.25, 0.3) is 5.56 Å². The summed E-state index contributed by atoms with van der Waals surface area (Å²) in [6.07, 6.45) is 1.56. The monoisotopic (exact) mass is 278 g/mol. The fourth-order valence-electron chi connectivity index (χ4n) is 1.41. The van der Waals surface area contributed by atoms with E-state index in [1.165, 1.54) is 12.3 Å². The molecule has 3 N–H and O–H groups in total. The zero-order valence-corrected chi connectivity index (χ0v) is 10.6. The third kappa shape index (κ3) is 4.11. The summed E-state index contributed by atoms with van der Waals surface area (Å²) >= 11 is 5.74. The number of aromatic amines is 2. The second-order valence-electron chi connectivity index (χ2n) is 3.81. The molecule has 0 fully saturated rings. The van der Waals surface area contributed by atoms with Crippen molar-refractivity contribution in [2.24, 2.45) is 5.10 Å². The van der Waals surface area contributed by atoms with E-state index >= 15 is 0 Å². The fraction of sp³-hybridized carbons (Fsp3) is 0.0833. The molecular weight excluding hydrogens is 268 g/mol. The van der Waals surface area contributed by atoms with E-state index in [0.717, 1.165) is 5.56 Å². The molecule has 98 valence electrons. The Morgan fingerprint density at radius 2 is 2.05 bits per heavy atom. The molecule has 1 heterocycles. The molecule has 7 heteroatoms. The van der Waals surface area contributed by atoms with Crippen LogP contribution in [-0.2, 0) is 11.2 Å². The molecule has 0 atom stereocenters. The zero-order valence-electron chi connectivity index (χ0n) is 9.81. The van der Waals surface area contributed by atoms with Crippen LogP contribution in [0.15, 0.2) is 40.2 Å². The quantitative estimate of drug-likeness (QED) is 0.576. The van der Waals surface area contributed by atoms with E-state index in [4.69, 9.17) is 11.6 Å². The van der Waals surface area contributed by atoms with Gasteiger partial charge >= 0.3 is 0 Å². The number of nitrogens with zero attached hydrogens (tertiary/aromatic N) is 1. The molecule has 0 aliphatic rings. The molecule has 0 saturated carbocycles. The van der Waals surface area contributed by atoms with E-state index in [1.807, 2.05) is 0 Å². The normalized spacial score (nSPS) is 10.8. The Morgan fingerprint density at radius 3 is 2.68 bits per heavy atom. The highest BCUT2D eigenvalue weighted by atomic mass is 35.5. The van der Waals surface area contributed by atoms with Crippen LogP contribution in [0.5, 0.6) is 0 Å². The first kappa shape index (κ1) is 13.1. The lowest BCUT2D eigenvalue weighted by molar-refractivity contribution is -0.120. The number of carbonyl (C=O) groups is 1. The molecule has 1 amide bonds. The predicted octanol–water partition coefficient (Wildman–Crippen LogP) is 1.05. The van der Waals surface area contributed by atoms with Crippen LogP contribution in [0.2, 0.25) is 5.02 Å². The molecule has 0 bridgehead atoms. The van der Waals surface area contributed by atoms with Gasteiger partial charge in [-0.15, -0.1) is 0 Å². The minimum absolute atomic E-state index is 0.0523. The van der Waals surface area contributed by atoms with E-state index < -0.39 is 0 Å². The lowest BCUT2D eigenvalue weighted by atomic mass is 10.2. The summed E-state index contributed by atoms with van der Waals surface area (Å²) in [4.78, 5) is 22.3. The third-order valence-corrected chi connectivity index (χ3v) is 2.53. The number of rotatable bonds is 4. The van der Waals surface area contributed by atoms with Crippen LogP contribution in [0.25, 0.3) is 0 Å². The number of hydrogen-bond donors (Lipinski definition) is 3. The van der Waals surface area contributed by atoms with Gasteiger partial charge in [-0.1, -0.05) is 23.7 Å². The van der Waals surface area contributed by atoms with Crippen molar-refractivity contribution >= 4 is 23.7 Å². The first-order valence-corrected chi connectivity index (χ1v) is 5.85. The van der Waals surface area contributed by atoms with Crippen molar-refractivity contribution in [3.05, 3.63) is 57.0 Å². The fourth-order valence-corrected chi connectivity index (χ4v) is 1.53. The van der Waals surface area contributed by atoms with Crippen molar-refractivity contribution in [2.45, 2.75) is 6.42 Å². The number of halogens is 1. The van der Waals surface area contributed by atoms with Gasteiger partial charge < -0.3 is 5.10 Å². The van der Waals surface area contributed by atoms with Gasteiger partial charge in [0.15, 0.2) is 0 Å². The van der Waals surface area contributed by atoms with Gasteiger partial charge in [-0.3, -0.25) is 14.7 Å². The Kier molecular flexibility index (Phi) is 4.15. The summed E-state index contributed by atoms with van der Waals surface area (Å²) in [6.45, 7) is 0. The third-order valence-electron chi connectivity index (χ3n) is 2.28. The molecule has 1 aromatic carbocycles. The number of hydrazone groups is 1. The van der Waals surface area contributed by atoms with Crippen LogP contribution in [-0.4, -0.2) is 22.3 Å². The maximum atomic E-state index is 11.5. The minimum Gasteiger partial charge on any atom is -0.302 e. The van der Waals surface area contributed by atoms with Crippen LogP contribution in [0.4, 0.5) is 0 Å². The minimum atomic E-state index is -0.319. The summed E-state index contributed by atoms with van der Waals surface area (Å²) in [5, 5.41) is 9.38. The first-order chi connectivity index (χ1) is 9.13. The van der Waals surface area contributed by atoms with Crippen LogP contribution < -0.4 is 11.0 Å². The van der Waals surface area contributed by atoms with Crippen molar-refractivity contribution in [1.29, 1.82) is 0 Å². The topological polar surface area (TPSA) is 90.1 Å². The predicted molar refractivity (Wildman–Crippen MR) is 72.3 cm³/mol. The van der Waals surface area contributed by atoms with Crippen LogP contribution in [0.3, 0.4) is 0 Å². The highest BCUT2D eigenvalue weighted by Crippen LogP contribution is 2.07. The van der Waals surface area contributed by atoms with Gasteiger partial charge in [0.05, 0.1) is 12.6 Å². The highest BCUT2D eigenvalue weighted by Gasteiger charge is 2.03. The Labute approximate surface area is 113 Å². The summed E-state index contributed by atoms with van der Waals surface area (Å²) in [5.41, 5.74) is 3.42. The number of nitrogens with one attached hydrogen (secondary N) is 3. The van der Waals surface area contributed by atoms with E-state index in [-0.39, 0.29) is 17.9 Å². The molecule has 19 heavy (non-hydrogen) atoms. The average Bonchev–Trinajstić information content (AvgIpc) is 2.77. The number of amides is 1. The van der Waals surface area contributed by atoms with Crippen LogP contribution >= 0.6 is 11.6 Å². The Balaban J connectivity index is 1.86. The molecule has 0 radical (unpaired) electrons. The summed E-state index contributed by atoms with van der Waals surface area (Å²) in [7, 11) is 0. The van der Waals surface area contributed by atoms with Gasteiger partial charge in [0.1, 0.15) is 0 Å². The maximum absolute atomic E-state index is 11.5. The molecule has 2 aromatic rings. The smallest absolute Gasteiger partial charge is 0.264 e. The Morgan fingerprint density at radius 1 is 1.32 bits per heavy atom. The lowest BCUT2D eigenvalue weighted by Gasteiger charge is -1.97. The number of benzene rings is 1. The van der Waals surface area contributed by atoms with Crippen molar-refractivity contribution in [2.75, 3.05) is 0 Å². The SMILES string of the molecule is O=C(Cc1cc(=O)[nH][nH]1)NN=Cc1ccc(Cl)cc1. The van der Waals surface area contributed by atoms with Crippen molar-refractivity contribution < 1.29 is 4.79 Å². The number of H-pyrrole nitrogens is 2. The Hall–Kier alpha value is -2.34. The summed E-state index contributed by atoms with van der Waals surface area (Å²) < 4.78 is 0. The lowest BCUT2D eigenvalue weighted by Crippen LogP contribution is -2.20. The second kappa shape index (κ2) is 6.01. The average molecular weight is 279 g/mol. The number of hydrogen-bond acceptors (Lipinski definition) is 3. The van der Waals surface area contributed by atoms with Gasteiger partial charge in [-0.25, -0.2) is 5.43 Å². The molecule has 2 rings (SSSR count). The second-order valence-corrected chi connectivity index (χ2v) is 4.24. The van der Waals surface area contributed by atoms with Crippen molar-refractivity contribution in [3.63, 3.8) is 0 Å². The zero-order chi connectivity index (χ0) is 13.7. The van der Waals surface area contributed by atoms with E-state index in [1.54, 1.807) is 24.3 Å². The van der Waals surface area contributed by atoms with Gasteiger partial charge in [-0.2, -0.15) is 5.10 Å². The molecule has 0 saturated heterocycles. The van der Waals surface area contributed by atoms with E-state index in [2.05, 4.69) is 20.7 Å². The highest BCUT2D eigenvalue weighted by molar-refractivity contribution is 6.30. The standard InChI is InChI=1S/C12H11ClN4O2/c13-9-3-1-8(2-4-9)7-14-16-11(18)5-10-6-12(19)17-15-10/h1-4,6-7H,5H2,(H,16,18)(H2,15,17,19). The molecule has 0 spiro atoms. The molecule has 1 aromatic heterocycles. The van der Waals surface area contributed by atoms with Crippen molar-refractivity contribution in [1.82, 2.24) is 15.6 Å². The van der Waals surface area contributed by atoms with Gasteiger partial charge in [-0.05, 0) is 17.7 Å². The molecule has 6 nitrogen and oxygen atoms in total. The van der Waals surface area contributed by atoms with Gasteiger partial charge in [0, 0.05) is 16.8 Å². The maximum Gasteiger partial charge on any atom is 0.264 e. The molecule has 0 aliphatic heterocycles. The molecule has 0 aliphatic carbocycles. The van der Waals surface area contributed by atoms with Crippen molar-refractivity contribution in [3.8, 4) is 0 Å². The molecular formula is C12H11ClN4O2. The molecule has 0 unspecified atom stereocenters. The largest absolute Gasteiger partial charge is 0.302 e. The summed E-state index contributed by atoms with van der Waals surface area (Å²) in [5.74, 6) is -0.319. The summed E-state index contributed by atoms with van der Waals surface area (Å²) in [6, 6.07) is 8.34. The van der Waals surface area contributed by atoms with Crippen LogP contribution in [0.1, 0.15) is 11.3 Å². The first-order valence-electron chi connectivity index (χ1n) is 5.47. The van der Waals surface area contributed by atoms with Gasteiger partial charge in [0.2, 0.25) is 5.91 Å². The van der Waals surface area contributed by atoms with E-state index in [9.17, 15) is 9.59 Å². The number of aromatic nitrogens is 2.